The monoisotopic (exact) mass is 677 g/mol. The van der Waals surface area contributed by atoms with Gasteiger partial charge in [0.15, 0.2) is 25.0 Å². The summed E-state index contributed by atoms with van der Waals surface area (Å²) in [7, 11) is -6.14. The maximum atomic E-state index is 13.3. The molecule has 248 valence electrons. The van der Waals surface area contributed by atoms with Gasteiger partial charge in [0, 0.05) is 7.05 Å². The van der Waals surface area contributed by atoms with Crippen LogP contribution < -0.4 is 10.4 Å². The lowest BCUT2D eigenvalue weighted by atomic mass is 10.1. The summed E-state index contributed by atoms with van der Waals surface area (Å²) in [6.07, 6.45) is -1.36. The van der Waals surface area contributed by atoms with Gasteiger partial charge in [0.2, 0.25) is 5.91 Å². The number of hydrogen-bond acceptors (Lipinski definition) is 6. The quantitative estimate of drug-likeness (QED) is 0.147. The van der Waals surface area contributed by atoms with Crippen LogP contribution in [0.4, 0.5) is 0 Å². The van der Waals surface area contributed by atoms with Gasteiger partial charge in [-0.1, -0.05) is 81.4 Å². The van der Waals surface area contributed by atoms with E-state index in [0.29, 0.717) is 6.61 Å². The number of benzene rings is 2. The highest BCUT2D eigenvalue weighted by atomic mass is 28.4. The van der Waals surface area contributed by atoms with Crippen molar-refractivity contribution in [3.8, 4) is 0 Å². The molecule has 0 unspecified atom stereocenters. The SMILES string of the molecule is CON(C)C(=O)C[C@@H](O[Si](C)(C)C)[C@H](O[Si](C)(C)C)[C@@H](CO[Si](c1ccccc1)(c1ccccc1)C(C)(C)C)O[Si](C)(C)C. The zero-order chi connectivity index (χ0) is 33.6. The molecule has 3 atom stereocenters. The number of nitrogens with zero attached hydrogens (tertiary/aromatic N) is 1. The maximum Gasteiger partial charge on any atom is 0.261 e. The molecule has 0 N–H and O–H groups in total. The molecule has 0 fully saturated rings. The van der Waals surface area contributed by atoms with Crippen molar-refractivity contribution in [3.63, 3.8) is 0 Å². The molecule has 1 amide bonds. The van der Waals surface area contributed by atoms with Crippen LogP contribution in [0, 0.1) is 0 Å². The topological polar surface area (TPSA) is 66.5 Å². The van der Waals surface area contributed by atoms with Crippen molar-refractivity contribution in [3.05, 3.63) is 60.7 Å². The van der Waals surface area contributed by atoms with E-state index in [1.807, 2.05) is 0 Å². The van der Waals surface area contributed by atoms with Gasteiger partial charge in [0.25, 0.3) is 8.32 Å². The third kappa shape index (κ3) is 11.4. The van der Waals surface area contributed by atoms with Gasteiger partial charge in [-0.2, -0.15) is 0 Å². The van der Waals surface area contributed by atoms with Gasteiger partial charge < -0.3 is 17.7 Å². The Morgan fingerprint density at radius 1 is 0.705 bits per heavy atom. The average Bonchev–Trinajstić information content (AvgIpc) is 2.89. The predicted octanol–water partition coefficient (Wildman–Crippen LogP) is 6.63. The molecule has 0 radical (unpaired) electrons. The van der Waals surface area contributed by atoms with E-state index in [-0.39, 0.29) is 17.4 Å². The van der Waals surface area contributed by atoms with Crippen LogP contribution in [0.5, 0.6) is 0 Å². The molecule has 0 saturated carbocycles. The van der Waals surface area contributed by atoms with E-state index in [1.54, 1.807) is 7.05 Å². The van der Waals surface area contributed by atoms with Crippen molar-refractivity contribution in [2.75, 3.05) is 20.8 Å². The van der Waals surface area contributed by atoms with Crippen molar-refractivity contribution in [2.24, 2.45) is 0 Å². The van der Waals surface area contributed by atoms with Crippen LogP contribution in [0.3, 0.4) is 0 Å². The summed E-state index contributed by atoms with van der Waals surface area (Å²) < 4.78 is 28.2. The molecule has 2 aromatic rings. The summed E-state index contributed by atoms with van der Waals surface area (Å²) in [6.45, 7) is 26.6. The van der Waals surface area contributed by atoms with Crippen molar-refractivity contribution < 1.29 is 27.3 Å². The third-order valence-electron chi connectivity index (χ3n) is 7.11. The molecule has 11 heteroatoms. The highest BCUT2D eigenvalue weighted by Crippen LogP contribution is 2.37. The summed E-state index contributed by atoms with van der Waals surface area (Å²) >= 11 is 0. The zero-order valence-corrected chi connectivity index (χ0v) is 33.8. The molecule has 0 aliphatic heterocycles. The molecule has 2 rings (SSSR count). The third-order valence-corrected chi connectivity index (χ3v) is 15.1. The molecule has 0 aliphatic rings. The fourth-order valence-electron chi connectivity index (χ4n) is 5.50. The van der Waals surface area contributed by atoms with E-state index in [0.717, 1.165) is 0 Å². The maximum absolute atomic E-state index is 13.3. The Bertz CT molecular complexity index is 1120. The largest absolute Gasteiger partial charge is 0.412 e. The van der Waals surface area contributed by atoms with E-state index in [1.165, 1.54) is 22.5 Å². The van der Waals surface area contributed by atoms with Gasteiger partial charge in [-0.15, -0.1) is 0 Å². The van der Waals surface area contributed by atoms with Crippen molar-refractivity contribution in [2.45, 2.75) is 109 Å². The normalized spacial score (nSPS) is 15.5. The Hall–Kier alpha value is -1.42. The zero-order valence-electron chi connectivity index (χ0n) is 29.8. The summed E-state index contributed by atoms with van der Waals surface area (Å²) in [4.78, 5) is 18.6. The van der Waals surface area contributed by atoms with E-state index in [4.69, 9.17) is 22.5 Å². The second-order valence-electron chi connectivity index (χ2n) is 15.5. The first kappa shape index (κ1) is 38.8. The first-order chi connectivity index (χ1) is 20.1. The highest BCUT2D eigenvalue weighted by Gasteiger charge is 2.51. The van der Waals surface area contributed by atoms with E-state index in [2.05, 4.69) is 140 Å². The van der Waals surface area contributed by atoms with Gasteiger partial charge in [-0.05, 0) is 74.3 Å². The summed E-state index contributed by atoms with van der Waals surface area (Å²) in [5, 5.41) is 3.49. The first-order valence-electron chi connectivity index (χ1n) is 15.7. The fraction of sp³-hybridized carbons (Fsp3) is 0.606. The van der Waals surface area contributed by atoms with Crippen LogP contribution in [0.1, 0.15) is 27.2 Å². The Morgan fingerprint density at radius 2 is 1.11 bits per heavy atom. The van der Waals surface area contributed by atoms with Crippen LogP contribution in [0.25, 0.3) is 0 Å². The average molecular weight is 678 g/mol. The van der Waals surface area contributed by atoms with Crippen molar-refractivity contribution in [1.29, 1.82) is 0 Å². The number of hydrogen-bond donors (Lipinski definition) is 0. The molecule has 0 spiro atoms. The molecule has 0 saturated heterocycles. The molecule has 2 aromatic carbocycles. The van der Waals surface area contributed by atoms with Crippen LogP contribution in [-0.4, -0.2) is 83.3 Å². The molecular weight excluding hydrogens is 619 g/mol. The van der Waals surface area contributed by atoms with E-state index < -0.39 is 51.6 Å². The minimum Gasteiger partial charge on any atom is -0.412 e. The summed E-state index contributed by atoms with van der Waals surface area (Å²) in [5.41, 5.74) is 0. The minimum absolute atomic E-state index is 0.120. The first-order valence-corrected chi connectivity index (χ1v) is 27.8. The number of hydroxylamine groups is 2. The Kier molecular flexibility index (Phi) is 13.6. The van der Waals surface area contributed by atoms with Gasteiger partial charge in [0.1, 0.15) is 0 Å². The number of amides is 1. The van der Waals surface area contributed by atoms with Crippen LogP contribution in [0.15, 0.2) is 60.7 Å². The van der Waals surface area contributed by atoms with Gasteiger partial charge in [0.05, 0.1) is 38.4 Å². The highest BCUT2D eigenvalue weighted by molar-refractivity contribution is 6.99. The van der Waals surface area contributed by atoms with Crippen LogP contribution in [-0.2, 0) is 27.3 Å². The lowest BCUT2D eigenvalue weighted by Crippen LogP contribution is -2.68. The summed E-state index contributed by atoms with van der Waals surface area (Å²) in [5.74, 6) is -0.167. The van der Waals surface area contributed by atoms with Crippen molar-refractivity contribution >= 4 is 49.6 Å². The molecule has 0 bridgehead atoms. The molecule has 0 heterocycles. The van der Waals surface area contributed by atoms with Gasteiger partial charge in [-0.25, -0.2) is 5.06 Å². The molecule has 0 aliphatic carbocycles. The lowest BCUT2D eigenvalue weighted by molar-refractivity contribution is -0.172. The summed E-state index contributed by atoms with van der Waals surface area (Å²) in [6, 6.07) is 21.3. The smallest absolute Gasteiger partial charge is 0.261 e. The Balaban J connectivity index is 2.75. The number of rotatable bonds is 16. The predicted molar refractivity (Wildman–Crippen MR) is 193 cm³/mol. The van der Waals surface area contributed by atoms with Crippen LogP contribution in [0.2, 0.25) is 64.0 Å². The molecule has 0 aromatic heterocycles. The molecular formula is C33H59NO6Si4. The molecule has 7 nitrogen and oxygen atoms in total. The minimum atomic E-state index is -2.87. The Labute approximate surface area is 272 Å². The van der Waals surface area contributed by atoms with Gasteiger partial charge in [-0.3, -0.25) is 9.63 Å². The van der Waals surface area contributed by atoms with E-state index >= 15 is 0 Å². The fourth-order valence-corrected chi connectivity index (χ4v) is 13.4. The van der Waals surface area contributed by atoms with E-state index in [9.17, 15) is 4.79 Å². The lowest BCUT2D eigenvalue weighted by Gasteiger charge is -2.46. The van der Waals surface area contributed by atoms with Crippen LogP contribution >= 0.6 is 0 Å². The van der Waals surface area contributed by atoms with Crippen molar-refractivity contribution in [1.82, 2.24) is 5.06 Å². The second kappa shape index (κ2) is 15.4. The molecule has 44 heavy (non-hydrogen) atoms. The second-order valence-corrected chi connectivity index (χ2v) is 33.2. The number of carbonyl (C=O) groups excluding carboxylic acids is 1. The standard InChI is InChI=1S/C33H59NO6Si4/c1-33(2,3)44(27-21-17-15-18-22-27,28-23-19-16-20-24-28)37-26-30(39-42(9,10)11)32(40-43(12,13)14)29(38-41(6,7)8)25-31(35)34(4)36-5/h15-24,29-30,32H,25-26H2,1-14H3/t29-,30-,32+/m1/s1. The Morgan fingerprint density at radius 3 is 1.48 bits per heavy atom. The number of carbonyl (C=O) groups is 1. The van der Waals surface area contributed by atoms with Gasteiger partial charge >= 0.3 is 0 Å².